The summed E-state index contributed by atoms with van der Waals surface area (Å²) in [6.07, 6.45) is 1.10. The highest BCUT2D eigenvalue weighted by Gasteiger charge is 2.13. The Bertz CT molecular complexity index is 1170. The van der Waals surface area contributed by atoms with Gasteiger partial charge in [-0.15, -0.1) is 0 Å². The molecule has 0 fully saturated rings. The molecule has 0 atom stereocenters. The Morgan fingerprint density at radius 2 is 1.96 bits per heavy atom. The molecule has 0 saturated heterocycles. The minimum Gasteiger partial charge on any atom is -0.319 e. The molecule has 0 N–H and O–H groups in total. The van der Waals surface area contributed by atoms with Crippen molar-refractivity contribution in [1.29, 1.82) is 0 Å². The maximum atomic E-state index is 12.5. The number of benzene rings is 2. The largest absolute Gasteiger partial charge is 0.319 e. The number of thiazole rings is 1. The highest BCUT2D eigenvalue weighted by atomic mass is 35.5. The predicted molar refractivity (Wildman–Crippen MR) is 100.0 cm³/mol. The number of fused-ring (bicyclic) bond motifs is 1. The first-order chi connectivity index (χ1) is 11.7. The van der Waals surface area contributed by atoms with E-state index in [-0.39, 0.29) is 10.5 Å². The summed E-state index contributed by atoms with van der Waals surface area (Å²) in [6, 6.07) is 9.61. The molecule has 3 aromatic rings. The van der Waals surface area contributed by atoms with Gasteiger partial charge in [0.1, 0.15) is 0 Å². The zero-order valence-electron chi connectivity index (χ0n) is 13.8. The van der Waals surface area contributed by atoms with Crippen LogP contribution in [0.2, 0.25) is 5.02 Å². The summed E-state index contributed by atoms with van der Waals surface area (Å²) < 4.78 is 26.0. The quantitative estimate of drug-likeness (QED) is 0.669. The van der Waals surface area contributed by atoms with Crippen molar-refractivity contribution in [1.82, 2.24) is 4.57 Å². The van der Waals surface area contributed by atoms with E-state index in [1.54, 1.807) is 6.07 Å². The van der Waals surface area contributed by atoms with Gasteiger partial charge in [0.25, 0.3) is 5.91 Å². The van der Waals surface area contributed by atoms with Crippen LogP contribution in [0.25, 0.3) is 10.2 Å². The fourth-order valence-corrected chi connectivity index (χ4v) is 4.56. The molecule has 2 aromatic carbocycles. The summed E-state index contributed by atoms with van der Waals surface area (Å²) >= 11 is 7.57. The number of carbonyl (C=O) groups excluding carboxylic acids is 1. The zero-order chi connectivity index (χ0) is 18.4. The van der Waals surface area contributed by atoms with E-state index in [4.69, 9.17) is 11.6 Å². The van der Waals surface area contributed by atoms with E-state index in [0.717, 1.165) is 22.0 Å². The van der Waals surface area contributed by atoms with Crippen LogP contribution in [-0.2, 0) is 16.9 Å². The first-order valence-electron chi connectivity index (χ1n) is 7.32. The Balaban J connectivity index is 2.15. The lowest BCUT2D eigenvalue weighted by Crippen LogP contribution is -2.14. The molecule has 1 heterocycles. The first-order valence-corrected chi connectivity index (χ1v) is 10.4. The van der Waals surface area contributed by atoms with E-state index in [0.29, 0.717) is 9.82 Å². The van der Waals surface area contributed by atoms with Gasteiger partial charge in [0, 0.05) is 18.9 Å². The van der Waals surface area contributed by atoms with Crippen LogP contribution in [-0.4, -0.2) is 25.1 Å². The minimum atomic E-state index is -3.39. The molecule has 0 radical (unpaired) electrons. The maximum absolute atomic E-state index is 12.5. The van der Waals surface area contributed by atoms with Gasteiger partial charge in [0.15, 0.2) is 14.6 Å². The Hall–Kier alpha value is -1.96. The van der Waals surface area contributed by atoms with E-state index in [1.807, 2.05) is 30.7 Å². The molecule has 25 heavy (non-hydrogen) atoms. The number of nitrogens with zero attached hydrogens (tertiary/aromatic N) is 2. The van der Waals surface area contributed by atoms with Crippen molar-refractivity contribution in [3.8, 4) is 0 Å². The van der Waals surface area contributed by atoms with Crippen molar-refractivity contribution < 1.29 is 13.2 Å². The Morgan fingerprint density at radius 3 is 2.60 bits per heavy atom. The summed E-state index contributed by atoms with van der Waals surface area (Å²) in [5.41, 5.74) is 2.18. The van der Waals surface area contributed by atoms with Crippen molar-refractivity contribution in [3.05, 3.63) is 57.3 Å². The molecule has 8 heteroatoms. The van der Waals surface area contributed by atoms with Crippen molar-refractivity contribution in [3.63, 3.8) is 0 Å². The molecule has 0 spiro atoms. The summed E-state index contributed by atoms with van der Waals surface area (Å²) in [7, 11) is -1.56. The second-order valence-corrected chi connectivity index (χ2v) is 9.10. The van der Waals surface area contributed by atoms with E-state index in [1.165, 1.54) is 29.5 Å². The Kier molecular flexibility index (Phi) is 4.57. The van der Waals surface area contributed by atoms with Crippen LogP contribution in [0.4, 0.5) is 0 Å². The van der Waals surface area contributed by atoms with Crippen LogP contribution in [0, 0.1) is 6.92 Å². The normalized spacial score (nSPS) is 12.7. The fraction of sp³-hybridized carbons (Fsp3) is 0.176. The third kappa shape index (κ3) is 3.40. The van der Waals surface area contributed by atoms with Gasteiger partial charge in [-0.25, -0.2) is 8.42 Å². The van der Waals surface area contributed by atoms with Gasteiger partial charge in [-0.1, -0.05) is 35.1 Å². The first kappa shape index (κ1) is 17.8. The van der Waals surface area contributed by atoms with Crippen molar-refractivity contribution in [2.24, 2.45) is 12.0 Å². The number of rotatable bonds is 2. The van der Waals surface area contributed by atoms with E-state index in [9.17, 15) is 13.2 Å². The van der Waals surface area contributed by atoms with Crippen molar-refractivity contribution >= 4 is 48.9 Å². The maximum Gasteiger partial charge on any atom is 0.279 e. The molecule has 0 aliphatic carbocycles. The molecule has 0 bridgehead atoms. The van der Waals surface area contributed by atoms with Gasteiger partial charge >= 0.3 is 0 Å². The van der Waals surface area contributed by atoms with Crippen LogP contribution in [0.1, 0.15) is 15.9 Å². The number of aryl methyl sites for hydroxylation is 2. The molecule has 0 saturated carbocycles. The SMILES string of the molecule is Cc1ccc(Cl)c2sc(=NC(=O)c3cccc(S(C)(=O)=O)c3)n(C)c12. The van der Waals surface area contributed by atoms with Gasteiger partial charge < -0.3 is 4.57 Å². The number of hydrogen-bond acceptors (Lipinski definition) is 4. The van der Waals surface area contributed by atoms with Gasteiger partial charge in [0.2, 0.25) is 0 Å². The summed E-state index contributed by atoms with van der Waals surface area (Å²) in [5.74, 6) is -0.499. The van der Waals surface area contributed by atoms with Crippen molar-refractivity contribution in [2.75, 3.05) is 6.26 Å². The summed E-state index contributed by atoms with van der Waals surface area (Å²) in [4.78, 5) is 17.2. The third-order valence-electron chi connectivity index (χ3n) is 3.81. The zero-order valence-corrected chi connectivity index (χ0v) is 16.2. The fourth-order valence-electron chi connectivity index (χ4n) is 2.52. The third-order valence-corrected chi connectivity index (χ3v) is 6.51. The van der Waals surface area contributed by atoms with Crippen LogP contribution >= 0.6 is 22.9 Å². The average molecular weight is 395 g/mol. The molecule has 3 rings (SSSR count). The lowest BCUT2D eigenvalue weighted by Gasteiger charge is -2.01. The molecule has 130 valence electrons. The van der Waals surface area contributed by atoms with Gasteiger partial charge in [-0.2, -0.15) is 4.99 Å². The number of carbonyl (C=O) groups is 1. The Labute approximate surface area is 154 Å². The monoisotopic (exact) mass is 394 g/mol. The highest BCUT2D eigenvalue weighted by Crippen LogP contribution is 2.28. The lowest BCUT2D eigenvalue weighted by molar-refractivity contribution is 0.0997. The van der Waals surface area contributed by atoms with E-state index < -0.39 is 15.7 Å². The van der Waals surface area contributed by atoms with Gasteiger partial charge in [0.05, 0.1) is 20.1 Å². The van der Waals surface area contributed by atoms with E-state index in [2.05, 4.69) is 4.99 Å². The Morgan fingerprint density at radius 1 is 1.24 bits per heavy atom. The molecular formula is C17H15ClN2O3S2. The molecule has 5 nitrogen and oxygen atoms in total. The number of halogens is 1. The topological polar surface area (TPSA) is 68.5 Å². The van der Waals surface area contributed by atoms with Crippen molar-refractivity contribution in [2.45, 2.75) is 11.8 Å². The number of hydrogen-bond donors (Lipinski definition) is 0. The lowest BCUT2D eigenvalue weighted by atomic mass is 10.2. The van der Waals surface area contributed by atoms with Gasteiger partial charge in [-0.05, 0) is 36.8 Å². The van der Waals surface area contributed by atoms with Crippen LogP contribution < -0.4 is 4.80 Å². The molecule has 1 aromatic heterocycles. The molecular weight excluding hydrogens is 380 g/mol. The second kappa shape index (κ2) is 6.40. The summed E-state index contributed by atoms with van der Waals surface area (Å²) in [5, 5.41) is 0.606. The molecule has 0 aliphatic heterocycles. The van der Waals surface area contributed by atoms with Crippen LogP contribution in [0.3, 0.4) is 0 Å². The van der Waals surface area contributed by atoms with Gasteiger partial charge in [-0.3, -0.25) is 4.79 Å². The van der Waals surface area contributed by atoms with Crippen LogP contribution in [0.5, 0.6) is 0 Å². The number of sulfone groups is 1. The van der Waals surface area contributed by atoms with Crippen LogP contribution in [0.15, 0.2) is 46.3 Å². The average Bonchev–Trinajstić information content (AvgIpc) is 2.88. The minimum absolute atomic E-state index is 0.0909. The molecule has 0 unspecified atom stereocenters. The molecule has 0 aliphatic rings. The smallest absolute Gasteiger partial charge is 0.279 e. The second-order valence-electron chi connectivity index (χ2n) is 5.70. The predicted octanol–water partition coefficient (Wildman–Crippen LogP) is 3.35. The standard InChI is InChI=1S/C17H15ClN2O3S2/c1-10-7-8-13(18)15-14(10)20(2)17(24-15)19-16(21)11-5-4-6-12(9-11)25(3,22)23/h4-9H,1-3H3. The number of amides is 1. The molecule has 1 amide bonds. The van der Waals surface area contributed by atoms with E-state index >= 15 is 0 Å². The summed E-state index contributed by atoms with van der Waals surface area (Å²) in [6.45, 7) is 1.96. The number of aromatic nitrogens is 1. The highest BCUT2D eigenvalue weighted by molar-refractivity contribution is 7.90.